The van der Waals surface area contributed by atoms with Gasteiger partial charge in [0.15, 0.2) is 11.5 Å². The highest BCUT2D eigenvalue weighted by Crippen LogP contribution is 2.37. The van der Waals surface area contributed by atoms with Crippen LogP contribution in [0.4, 0.5) is 13.2 Å². The van der Waals surface area contributed by atoms with Crippen LogP contribution in [0.15, 0.2) is 11.2 Å². The van der Waals surface area contributed by atoms with Gasteiger partial charge in [-0.2, -0.15) is 0 Å². The van der Waals surface area contributed by atoms with Gasteiger partial charge in [-0.1, -0.05) is 0 Å². The Bertz CT molecular complexity index is 541. The first-order chi connectivity index (χ1) is 7.52. The average Bonchev–Trinajstić information content (AvgIpc) is 2.08. The quantitative estimate of drug-likeness (QED) is 0.822. The Morgan fingerprint density at radius 1 is 1.47 bits per heavy atom. The van der Waals surface area contributed by atoms with Gasteiger partial charge >= 0.3 is 6.36 Å². The van der Waals surface area contributed by atoms with Crippen molar-refractivity contribution in [2.45, 2.75) is 18.3 Å². The largest absolute Gasteiger partial charge is 0.573 e. The van der Waals surface area contributed by atoms with Crippen molar-refractivity contribution in [2.24, 2.45) is 5.14 Å². The molecule has 0 saturated carbocycles. The predicted molar refractivity (Wildman–Crippen MR) is 48.7 cm³/mol. The van der Waals surface area contributed by atoms with E-state index in [4.69, 9.17) is 0 Å². The zero-order valence-electron chi connectivity index (χ0n) is 8.32. The molecule has 0 aliphatic rings. The van der Waals surface area contributed by atoms with E-state index in [9.17, 15) is 26.7 Å². The van der Waals surface area contributed by atoms with Gasteiger partial charge in [0.25, 0.3) is 10.0 Å². The lowest BCUT2D eigenvalue weighted by Gasteiger charge is -2.13. The highest BCUT2D eigenvalue weighted by molar-refractivity contribution is 7.89. The minimum absolute atomic E-state index is 0.188. The summed E-state index contributed by atoms with van der Waals surface area (Å²) in [5, 5.41) is 12.9. The number of halogens is 3. The van der Waals surface area contributed by atoms with Crippen LogP contribution in [-0.4, -0.2) is 24.9 Å². The summed E-state index contributed by atoms with van der Waals surface area (Å²) in [5.41, 5.74) is -0.188. The molecule has 0 spiro atoms. The maximum Gasteiger partial charge on any atom is 0.573 e. The Morgan fingerprint density at radius 3 is 2.41 bits per heavy atom. The number of nitrogens with zero attached hydrogens (tertiary/aromatic N) is 1. The van der Waals surface area contributed by atoms with Gasteiger partial charge in [-0.15, -0.1) is 13.2 Å². The highest BCUT2D eigenvalue weighted by Gasteiger charge is 2.34. The number of aryl methyl sites for hydroxylation is 1. The first-order valence-corrected chi connectivity index (χ1v) is 5.54. The third-order valence-electron chi connectivity index (χ3n) is 1.64. The maximum absolute atomic E-state index is 12.0. The van der Waals surface area contributed by atoms with Crippen molar-refractivity contribution in [3.05, 3.63) is 11.8 Å². The molecule has 0 radical (unpaired) electrons. The molecule has 3 N–H and O–H groups in total. The number of ether oxygens (including phenoxy) is 1. The second-order valence-electron chi connectivity index (χ2n) is 3.02. The number of rotatable bonds is 2. The third kappa shape index (κ3) is 3.20. The lowest BCUT2D eigenvalue weighted by Crippen LogP contribution is -2.20. The van der Waals surface area contributed by atoms with Crippen molar-refractivity contribution in [3.8, 4) is 11.5 Å². The van der Waals surface area contributed by atoms with Crippen molar-refractivity contribution in [1.29, 1.82) is 0 Å². The minimum Gasteiger partial charge on any atom is -0.502 e. The summed E-state index contributed by atoms with van der Waals surface area (Å²) >= 11 is 0. The number of primary sulfonamides is 1. The molecule has 1 aromatic rings. The summed E-state index contributed by atoms with van der Waals surface area (Å²) in [7, 11) is -4.44. The second kappa shape index (κ2) is 4.04. The molecule has 1 aromatic heterocycles. The van der Waals surface area contributed by atoms with Crippen LogP contribution in [-0.2, 0) is 10.0 Å². The van der Waals surface area contributed by atoms with Crippen LogP contribution in [0.3, 0.4) is 0 Å². The van der Waals surface area contributed by atoms with Gasteiger partial charge in [-0.05, 0) is 6.92 Å². The fourth-order valence-corrected chi connectivity index (χ4v) is 1.57. The number of aromatic hydroxyl groups is 1. The Hall–Kier alpha value is -1.55. The molecule has 0 amide bonds. The van der Waals surface area contributed by atoms with E-state index in [2.05, 4.69) is 14.9 Å². The van der Waals surface area contributed by atoms with Crippen molar-refractivity contribution >= 4 is 10.0 Å². The van der Waals surface area contributed by atoms with Crippen LogP contribution in [0.1, 0.15) is 5.56 Å². The topological polar surface area (TPSA) is 103 Å². The number of alkyl halides is 3. The maximum atomic E-state index is 12.0. The number of aromatic nitrogens is 1. The number of pyridine rings is 1. The lowest BCUT2D eigenvalue weighted by atomic mass is 10.3. The van der Waals surface area contributed by atoms with Crippen molar-refractivity contribution < 1.29 is 31.4 Å². The second-order valence-corrected chi connectivity index (χ2v) is 4.49. The molecule has 0 aliphatic carbocycles. The van der Waals surface area contributed by atoms with Gasteiger partial charge in [0.2, 0.25) is 5.03 Å². The molecule has 0 bridgehead atoms. The van der Waals surface area contributed by atoms with E-state index in [0.717, 1.165) is 13.1 Å². The number of hydrogen-bond donors (Lipinski definition) is 2. The van der Waals surface area contributed by atoms with Crippen LogP contribution in [0.2, 0.25) is 0 Å². The SMILES string of the molecule is Cc1cnc(S(N)(=O)=O)c(O)c1OC(F)(F)F. The molecule has 6 nitrogen and oxygen atoms in total. The molecule has 1 heterocycles. The summed E-state index contributed by atoms with van der Waals surface area (Å²) < 4.78 is 61.3. The van der Waals surface area contributed by atoms with Crippen LogP contribution in [0.5, 0.6) is 11.5 Å². The first kappa shape index (κ1) is 13.5. The summed E-state index contributed by atoms with van der Waals surface area (Å²) in [5.74, 6) is -2.32. The van der Waals surface area contributed by atoms with Crippen molar-refractivity contribution in [3.63, 3.8) is 0 Å². The van der Waals surface area contributed by atoms with Crippen LogP contribution in [0, 0.1) is 6.92 Å². The summed E-state index contributed by atoms with van der Waals surface area (Å²) in [6.07, 6.45) is -4.28. The van der Waals surface area contributed by atoms with Gasteiger partial charge in [-0.3, -0.25) is 0 Å². The number of hydrogen-bond acceptors (Lipinski definition) is 5. The van der Waals surface area contributed by atoms with Crippen LogP contribution in [0.25, 0.3) is 0 Å². The zero-order valence-corrected chi connectivity index (χ0v) is 9.13. The first-order valence-electron chi connectivity index (χ1n) is 3.99. The van der Waals surface area contributed by atoms with Gasteiger partial charge in [0.05, 0.1) is 0 Å². The van der Waals surface area contributed by atoms with Crippen molar-refractivity contribution in [1.82, 2.24) is 4.98 Å². The lowest BCUT2D eigenvalue weighted by molar-refractivity contribution is -0.275. The summed E-state index contributed by atoms with van der Waals surface area (Å²) in [6.45, 7) is 1.15. The van der Waals surface area contributed by atoms with Gasteiger partial charge < -0.3 is 9.84 Å². The highest BCUT2D eigenvalue weighted by atomic mass is 32.2. The standard InChI is InChI=1S/C7H7F3N2O4S/c1-3-2-12-6(17(11,14)15)4(13)5(3)16-7(8,9)10/h2,13H,1H3,(H2,11,14,15). The fraction of sp³-hybridized carbons (Fsp3) is 0.286. The third-order valence-corrected chi connectivity index (χ3v) is 2.48. The number of sulfonamides is 1. The molecule has 0 aromatic carbocycles. The minimum atomic E-state index is -5.07. The van der Waals surface area contributed by atoms with Crippen molar-refractivity contribution in [2.75, 3.05) is 0 Å². The van der Waals surface area contributed by atoms with E-state index in [1.807, 2.05) is 0 Å². The molecule has 96 valence electrons. The van der Waals surface area contributed by atoms with E-state index in [1.165, 1.54) is 0 Å². The zero-order chi connectivity index (χ0) is 13.4. The molecular formula is C7H7F3N2O4S. The van der Waals surface area contributed by atoms with Crippen LogP contribution >= 0.6 is 0 Å². The van der Waals surface area contributed by atoms with E-state index in [0.29, 0.717) is 0 Å². The molecule has 0 fully saturated rings. The molecule has 1 rings (SSSR count). The molecule has 0 saturated heterocycles. The van der Waals surface area contributed by atoms with E-state index >= 15 is 0 Å². The Labute approximate surface area is 93.9 Å². The van der Waals surface area contributed by atoms with Gasteiger partial charge in [0, 0.05) is 11.8 Å². The fourth-order valence-electron chi connectivity index (χ4n) is 1.01. The van der Waals surface area contributed by atoms with Gasteiger partial charge in [-0.25, -0.2) is 18.5 Å². The van der Waals surface area contributed by atoms with E-state index < -0.39 is 32.9 Å². The summed E-state index contributed by atoms with van der Waals surface area (Å²) in [6, 6.07) is 0. The van der Waals surface area contributed by atoms with E-state index in [1.54, 1.807) is 0 Å². The molecule has 10 heteroatoms. The molecule has 17 heavy (non-hydrogen) atoms. The smallest absolute Gasteiger partial charge is 0.502 e. The average molecular weight is 272 g/mol. The molecular weight excluding hydrogens is 265 g/mol. The summed E-state index contributed by atoms with van der Waals surface area (Å²) in [4.78, 5) is 3.23. The normalized spacial score (nSPS) is 12.5. The van der Waals surface area contributed by atoms with E-state index in [-0.39, 0.29) is 5.56 Å². The Morgan fingerprint density at radius 2 is 2.00 bits per heavy atom. The predicted octanol–water partition coefficient (Wildman–Crippen LogP) is 0.642. The molecule has 0 atom stereocenters. The number of nitrogens with two attached hydrogens (primary N) is 1. The van der Waals surface area contributed by atoms with Crippen LogP contribution < -0.4 is 9.88 Å². The Balaban J connectivity index is 3.41. The monoisotopic (exact) mass is 272 g/mol. The molecule has 0 unspecified atom stereocenters. The molecule has 0 aliphatic heterocycles. The van der Waals surface area contributed by atoms with Gasteiger partial charge in [0.1, 0.15) is 0 Å². The Kier molecular flexibility index (Phi) is 3.21.